The second kappa shape index (κ2) is 5.54. The molecule has 1 amide bonds. The average Bonchev–Trinajstić information content (AvgIpc) is 2.34. The first-order chi connectivity index (χ1) is 8.40. The van der Waals surface area contributed by atoms with Crippen molar-refractivity contribution in [3.63, 3.8) is 0 Å². The normalized spacial score (nSPS) is 10.8. The molecule has 6 heteroatoms. The molecule has 1 rings (SSSR count). The highest BCUT2D eigenvalue weighted by Gasteiger charge is 2.31. The fourth-order valence-corrected chi connectivity index (χ4v) is 1.42. The molecule has 0 N–H and O–H groups in total. The summed E-state index contributed by atoms with van der Waals surface area (Å²) in [5.74, 6) is -0.579. The van der Waals surface area contributed by atoms with Crippen molar-refractivity contribution in [1.82, 2.24) is 4.90 Å². The predicted molar refractivity (Wildman–Crippen MR) is 58.6 cm³/mol. The molecule has 0 aliphatic rings. The Balaban J connectivity index is 3.04. The highest BCUT2D eigenvalue weighted by atomic mass is 19.4. The van der Waals surface area contributed by atoms with Gasteiger partial charge >= 0.3 is 6.18 Å². The van der Waals surface area contributed by atoms with Crippen LogP contribution >= 0.6 is 0 Å². The van der Waals surface area contributed by atoms with Crippen LogP contribution in [0.2, 0.25) is 0 Å². The number of carbonyl (C=O) groups excluding carboxylic acids is 1. The minimum absolute atomic E-state index is 0.0677. The first kappa shape index (κ1) is 14.0. The lowest BCUT2D eigenvalue weighted by molar-refractivity contribution is -0.137. The molecule has 3 nitrogen and oxygen atoms in total. The van der Waals surface area contributed by atoms with Crippen LogP contribution in [0.15, 0.2) is 24.3 Å². The lowest BCUT2D eigenvalue weighted by atomic mass is 10.1. The summed E-state index contributed by atoms with van der Waals surface area (Å²) in [5.41, 5.74) is -0.941. The van der Waals surface area contributed by atoms with Crippen molar-refractivity contribution < 1.29 is 18.0 Å². The molecule has 1 aromatic carbocycles. The molecule has 96 valence electrons. The van der Waals surface area contributed by atoms with Gasteiger partial charge in [0.15, 0.2) is 0 Å². The van der Waals surface area contributed by atoms with E-state index in [9.17, 15) is 18.0 Å². The van der Waals surface area contributed by atoms with Crippen molar-refractivity contribution in [3.8, 4) is 6.07 Å². The maximum absolute atomic E-state index is 12.5. The summed E-state index contributed by atoms with van der Waals surface area (Å²) in [7, 11) is 0. The number of hydrogen-bond donors (Lipinski definition) is 0. The summed E-state index contributed by atoms with van der Waals surface area (Å²) in [6, 6.07) is 5.97. The monoisotopic (exact) mass is 256 g/mol. The van der Waals surface area contributed by atoms with Gasteiger partial charge in [0.25, 0.3) is 5.91 Å². The molecule has 0 fully saturated rings. The number of nitriles is 1. The maximum atomic E-state index is 12.5. The van der Waals surface area contributed by atoms with E-state index in [2.05, 4.69) is 0 Å². The van der Waals surface area contributed by atoms with Crippen molar-refractivity contribution >= 4 is 5.91 Å². The number of rotatable bonds is 3. The topological polar surface area (TPSA) is 44.1 Å². The second-order valence-electron chi connectivity index (χ2n) is 3.56. The van der Waals surface area contributed by atoms with Crippen LogP contribution in [-0.2, 0) is 6.18 Å². The predicted octanol–water partition coefficient (Wildman–Crippen LogP) is 2.69. The van der Waals surface area contributed by atoms with Gasteiger partial charge in [0, 0.05) is 12.1 Å². The quantitative estimate of drug-likeness (QED) is 0.780. The lowest BCUT2D eigenvalue weighted by Crippen LogP contribution is -2.31. The van der Waals surface area contributed by atoms with Crippen molar-refractivity contribution in [1.29, 1.82) is 5.26 Å². The molecule has 1 aromatic rings. The van der Waals surface area contributed by atoms with Gasteiger partial charge in [0.1, 0.15) is 6.54 Å². The van der Waals surface area contributed by atoms with Gasteiger partial charge in [-0.25, -0.2) is 0 Å². The van der Waals surface area contributed by atoms with Crippen LogP contribution < -0.4 is 0 Å². The van der Waals surface area contributed by atoms with Crippen LogP contribution in [0.3, 0.4) is 0 Å². The minimum Gasteiger partial charge on any atom is -0.326 e. The van der Waals surface area contributed by atoms with Gasteiger partial charge in [-0.15, -0.1) is 0 Å². The summed E-state index contributed by atoms with van der Waals surface area (Å²) in [4.78, 5) is 13.0. The number of benzene rings is 1. The average molecular weight is 256 g/mol. The Morgan fingerprint density at radius 2 is 2.11 bits per heavy atom. The fraction of sp³-hybridized carbons (Fsp3) is 0.333. The van der Waals surface area contributed by atoms with E-state index in [1.54, 1.807) is 13.0 Å². The molecular formula is C12H11F3N2O. The van der Waals surface area contributed by atoms with Gasteiger partial charge in [0.05, 0.1) is 11.6 Å². The van der Waals surface area contributed by atoms with Gasteiger partial charge in [-0.2, -0.15) is 18.4 Å². The highest BCUT2D eigenvalue weighted by molar-refractivity contribution is 5.94. The Kier molecular flexibility index (Phi) is 4.32. The molecule has 0 spiro atoms. The molecule has 0 saturated heterocycles. The Morgan fingerprint density at radius 1 is 1.44 bits per heavy atom. The zero-order valence-corrected chi connectivity index (χ0v) is 9.66. The highest BCUT2D eigenvalue weighted by Crippen LogP contribution is 2.29. The third-order valence-electron chi connectivity index (χ3n) is 2.37. The Bertz CT molecular complexity index is 477. The SMILES string of the molecule is CCN(CC#N)C(=O)c1cccc(C(F)(F)F)c1. The summed E-state index contributed by atoms with van der Waals surface area (Å²) in [6.45, 7) is 1.77. The zero-order valence-electron chi connectivity index (χ0n) is 9.66. The summed E-state index contributed by atoms with van der Waals surface area (Å²) >= 11 is 0. The number of nitrogens with zero attached hydrogens (tertiary/aromatic N) is 2. The van der Waals surface area contributed by atoms with E-state index in [1.165, 1.54) is 17.0 Å². The third-order valence-corrected chi connectivity index (χ3v) is 2.37. The molecule has 18 heavy (non-hydrogen) atoms. The Labute approximate surface area is 102 Å². The number of halogens is 3. The van der Waals surface area contributed by atoms with E-state index in [0.29, 0.717) is 0 Å². The van der Waals surface area contributed by atoms with E-state index in [0.717, 1.165) is 12.1 Å². The van der Waals surface area contributed by atoms with Crippen molar-refractivity contribution in [2.24, 2.45) is 0 Å². The van der Waals surface area contributed by atoms with Crippen LogP contribution in [-0.4, -0.2) is 23.9 Å². The van der Waals surface area contributed by atoms with Crippen LogP contribution in [0.5, 0.6) is 0 Å². The van der Waals surface area contributed by atoms with Gasteiger partial charge in [-0.3, -0.25) is 4.79 Å². The molecule has 0 radical (unpaired) electrons. The van der Waals surface area contributed by atoms with Gasteiger partial charge < -0.3 is 4.90 Å². The molecule has 0 aromatic heterocycles. The Hall–Kier alpha value is -2.03. The largest absolute Gasteiger partial charge is 0.416 e. The second-order valence-corrected chi connectivity index (χ2v) is 3.56. The molecule has 0 aliphatic carbocycles. The van der Waals surface area contributed by atoms with Crippen molar-refractivity contribution in [3.05, 3.63) is 35.4 Å². The standard InChI is InChI=1S/C12H11F3N2O/c1-2-17(7-6-16)11(18)9-4-3-5-10(8-9)12(13,14)15/h3-5,8H,2,7H2,1H3. The summed E-state index contributed by atoms with van der Waals surface area (Å²) < 4.78 is 37.5. The first-order valence-corrected chi connectivity index (χ1v) is 5.23. The van der Waals surface area contributed by atoms with Crippen molar-refractivity contribution in [2.45, 2.75) is 13.1 Å². The molecule has 0 atom stereocenters. The number of hydrogen-bond acceptors (Lipinski definition) is 2. The molecule has 0 heterocycles. The van der Waals surface area contributed by atoms with Gasteiger partial charge in [0.2, 0.25) is 0 Å². The van der Waals surface area contributed by atoms with E-state index in [1.807, 2.05) is 0 Å². The van der Waals surface area contributed by atoms with Crippen LogP contribution in [0, 0.1) is 11.3 Å². The molecular weight excluding hydrogens is 245 g/mol. The van der Waals surface area contributed by atoms with Crippen molar-refractivity contribution in [2.75, 3.05) is 13.1 Å². The van der Waals surface area contributed by atoms with Gasteiger partial charge in [-0.1, -0.05) is 6.07 Å². The first-order valence-electron chi connectivity index (χ1n) is 5.23. The summed E-state index contributed by atoms with van der Waals surface area (Å²) in [6.07, 6.45) is -4.48. The maximum Gasteiger partial charge on any atom is 0.416 e. The number of alkyl halides is 3. The van der Waals surface area contributed by atoms with E-state index >= 15 is 0 Å². The van der Waals surface area contributed by atoms with Crippen LogP contribution in [0.4, 0.5) is 13.2 Å². The molecule has 0 unspecified atom stereocenters. The summed E-state index contributed by atoms with van der Waals surface area (Å²) in [5, 5.41) is 8.52. The third kappa shape index (κ3) is 3.23. The molecule has 0 saturated carbocycles. The van der Waals surface area contributed by atoms with E-state index in [-0.39, 0.29) is 18.7 Å². The molecule has 0 aliphatic heterocycles. The molecule has 0 bridgehead atoms. The number of amides is 1. The van der Waals surface area contributed by atoms with Gasteiger partial charge in [-0.05, 0) is 25.1 Å². The van der Waals surface area contributed by atoms with Crippen LogP contribution in [0.25, 0.3) is 0 Å². The zero-order chi connectivity index (χ0) is 13.8. The van der Waals surface area contributed by atoms with Crippen LogP contribution in [0.1, 0.15) is 22.8 Å². The number of carbonyl (C=O) groups is 1. The van der Waals surface area contributed by atoms with E-state index < -0.39 is 17.6 Å². The smallest absolute Gasteiger partial charge is 0.326 e. The van der Waals surface area contributed by atoms with E-state index in [4.69, 9.17) is 5.26 Å². The Morgan fingerprint density at radius 3 is 2.61 bits per heavy atom. The fourth-order valence-electron chi connectivity index (χ4n) is 1.42. The minimum atomic E-state index is -4.48. The lowest BCUT2D eigenvalue weighted by Gasteiger charge is -2.17.